The monoisotopic (exact) mass is 324 g/mol. The van der Waals surface area contributed by atoms with Crippen LogP contribution in [-0.4, -0.2) is 19.1 Å². The van der Waals surface area contributed by atoms with Crippen LogP contribution in [0.25, 0.3) is 0 Å². The summed E-state index contributed by atoms with van der Waals surface area (Å²) in [6.45, 7) is 6.48. The van der Waals surface area contributed by atoms with Gasteiger partial charge in [-0.15, -0.1) is 0 Å². The molecule has 1 aliphatic rings. The quantitative estimate of drug-likeness (QED) is 0.822. The Morgan fingerprint density at radius 3 is 2.68 bits per heavy atom. The van der Waals surface area contributed by atoms with E-state index >= 15 is 0 Å². The smallest absolute Gasteiger partial charge is 0.0413 e. The minimum atomic E-state index is 0.720. The minimum absolute atomic E-state index is 0.720. The lowest BCUT2D eigenvalue weighted by atomic mass is 10.1. The van der Waals surface area contributed by atoms with E-state index in [9.17, 15) is 0 Å². The lowest BCUT2D eigenvalue weighted by Crippen LogP contribution is -2.29. The van der Waals surface area contributed by atoms with Gasteiger partial charge >= 0.3 is 0 Å². The van der Waals surface area contributed by atoms with Crippen molar-refractivity contribution in [3.63, 3.8) is 0 Å². The van der Waals surface area contributed by atoms with Crippen molar-refractivity contribution in [3.8, 4) is 0 Å². The molecule has 106 valence electrons. The van der Waals surface area contributed by atoms with Crippen LogP contribution >= 0.6 is 15.9 Å². The molecule has 0 radical (unpaired) electrons. The molecule has 1 aromatic carbocycles. The highest BCUT2D eigenvalue weighted by molar-refractivity contribution is 9.10. The standard InChI is InChI=1S/C16H25BrN2/c1-12(2)8-10-19(15-5-6-15)16-11-14(17)4-3-13(16)7-9-18/h3-4,11-12,15H,5-10,18H2,1-2H3. The molecule has 1 saturated carbocycles. The maximum absolute atomic E-state index is 5.75. The summed E-state index contributed by atoms with van der Waals surface area (Å²) in [7, 11) is 0. The van der Waals surface area contributed by atoms with Gasteiger partial charge in [-0.1, -0.05) is 35.8 Å². The summed E-state index contributed by atoms with van der Waals surface area (Å²) in [6.07, 6.45) is 4.90. The number of rotatable bonds is 7. The average molecular weight is 325 g/mol. The highest BCUT2D eigenvalue weighted by Crippen LogP contribution is 2.35. The molecule has 3 heteroatoms. The zero-order chi connectivity index (χ0) is 13.8. The molecule has 19 heavy (non-hydrogen) atoms. The van der Waals surface area contributed by atoms with Crippen molar-refractivity contribution in [1.82, 2.24) is 0 Å². The molecule has 2 N–H and O–H groups in total. The molecular formula is C16H25BrN2. The Labute approximate surface area is 125 Å². The molecular weight excluding hydrogens is 300 g/mol. The van der Waals surface area contributed by atoms with Gasteiger partial charge in [0.25, 0.3) is 0 Å². The van der Waals surface area contributed by atoms with Crippen molar-refractivity contribution >= 4 is 21.6 Å². The lowest BCUT2D eigenvalue weighted by molar-refractivity contribution is 0.570. The second kappa shape index (κ2) is 6.76. The Balaban J connectivity index is 2.21. The zero-order valence-electron chi connectivity index (χ0n) is 12.0. The van der Waals surface area contributed by atoms with Gasteiger partial charge in [-0.05, 0) is 55.8 Å². The summed E-state index contributed by atoms with van der Waals surface area (Å²) in [5.74, 6) is 0.756. The van der Waals surface area contributed by atoms with Crippen molar-refractivity contribution < 1.29 is 0 Å². The van der Waals surface area contributed by atoms with Crippen LogP contribution in [0.1, 0.15) is 38.7 Å². The van der Waals surface area contributed by atoms with E-state index in [0.717, 1.165) is 31.5 Å². The van der Waals surface area contributed by atoms with Crippen molar-refractivity contribution in [2.75, 3.05) is 18.0 Å². The van der Waals surface area contributed by atoms with E-state index in [1.54, 1.807) is 0 Å². The first kappa shape index (κ1) is 14.9. The molecule has 0 unspecified atom stereocenters. The van der Waals surface area contributed by atoms with Gasteiger partial charge in [0, 0.05) is 22.7 Å². The van der Waals surface area contributed by atoms with E-state index in [0.29, 0.717) is 0 Å². The number of benzene rings is 1. The molecule has 2 rings (SSSR count). The van der Waals surface area contributed by atoms with Crippen LogP contribution in [0.15, 0.2) is 22.7 Å². The first-order valence-corrected chi connectivity index (χ1v) is 8.16. The van der Waals surface area contributed by atoms with E-state index in [2.05, 4.69) is 52.9 Å². The van der Waals surface area contributed by atoms with Crippen LogP contribution in [0.2, 0.25) is 0 Å². The summed E-state index contributed by atoms with van der Waals surface area (Å²) in [5.41, 5.74) is 8.53. The van der Waals surface area contributed by atoms with E-state index in [-0.39, 0.29) is 0 Å². The van der Waals surface area contributed by atoms with Gasteiger partial charge in [0.2, 0.25) is 0 Å². The van der Waals surface area contributed by atoms with Gasteiger partial charge in [-0.2, -0.15) is 0 Å². The predicted octanol–water partition coefficient (Wildman–Crippen LogP) is 3.97. The van der Waals surface area contributed by atoms with Gasteiger partial charge in [0.05, 0.1) is 0 Å². The van der Waals surface area contributed by atoms with Crippen molar-refractivity contribution in [2.45, 2.75) is 45.6 Å². The molecule has 0 spiro atoms. The molecule has 0 aliphatic heterocycles. The maximum Gasteiger partial charge on any atom is 0.0413 e. The first-order chi connectivity index (χ1) is 9.11. The third kappa shape index (κ3) is 4.22. The fourth-order valence-corrected chi connectivity index (χ4v) is 2.80. The normalized spacial score (nSPS) is 15.0. The number of hydrogen-bond donors (Lipinski definition) is 1. The molecule has 0 saturated heterocycles. The fraction of sp³-hybridized carbons (Fsp3) is 0.625. The van der Waals surface area contributed by atoms with E-state index in [1.807, 2.05) is 0 Å². The zero-order valence-corrected chi connectivity index (χ0v) is 13.6. The number of halogens is 1. The molecule has 2 nitrogen and oxygen atoms in total. The van der Waals surface area contributed by atoms with Gasteiger partial charge in [-0.3, -0.25) is 0 Å². The molecule has 1 aliphatic carbocycles. The second-order valence-electron chi connectivity index (χ2n) is 5.92. The van der Waals surface area contributed by atoms with Crippen LogP contribution in [-0.2, 0) is 6.42 Å². The van der Waals surface area contributed by atoms with E-state index < -0.39 is 0 Å². The van der Waals surface area contributed by atoms with E-state index in [1.165, 1.54) is 35.0 Å². The summed E-state index contributed by atoms with van der Waals surface area (Å²) in [5, 5.41) is 0. The Hall–Kier alpha value is -0.540. The SMILES string of the molecule is CC(C)CCN(c1cc(Br)ccc1CCN)C1CC1. The van der Waals surface area contributed by atoms with Crippen LogP contribution in [0.3, 0.4) is 0 Å². The lowest BCUT2D eigenvalue weighted by Gasteiger charge is -2.28. The Bertz CT molecular complexity index is 413. The minimum Gasteiger partial charge on any atom is -0.368 e. The third-order valence-corrected chi connectivity index (χ3v) is 4.20. The van der Waals surface area contributed by atoms with Crippen LogP contribution in [0.4, 0.5) is 5.69 Å². The van der Waals surface area contributed by atoms with Gasteiger partial charge in [0.1, 0.15) is 0 Å². The largest absolute Gasteiger partial charge is 0.368 e. The predicted molar refractivity (Wildman–Crippen MR) is 86.7 cm³/mol. The van der Waals surface area contributed by atoms with Gasteiger partial charge in [-0.25, -0.2) is 0 Å². The summed E-state index contributed by atoms with van der Waals surface area (Å²) >= 11 is 3.61. The number of anilines is 1. The third-order valence-electron chi connectivity index (χ3n) is 3.71. The number of nitrogens with two attached hydrogens (primary N) is 1. The molecule has 0 heterocycles. The summed E-state index contributed by atoms with van der Waals surface area (Å²) in [4.78, 5) is 2.61. The Kier molecular flexibility index (Phi) is 5.28. The second-order valence-corrected chi connectivity index (χ2v) is 6.83. The number of nitrogens with zero attached hydrogens (tertiary/aromatic N) is 1. The van der Waals surface area contributed by atoms with Crippen LogP contribution in [0.5, 0.6) is 0 Å². The topological polar surface area (TPSA) is 29.3 Å². The molecule has 1 aromatic rings. The summed E-state index contributed by atoms with van der Waals surface area (Å²) < 4.78 is 1.17. The maximum atomic E-state index is 5.75. The molecule has 0 atom stereocenters. The highest BCUT2D eigenvalue weighted by Gasteiger charge is 2.30. The van der Waals surface area contributed by atoms with Crippen molar-refractivity contribution in [3.05, 3.63) is 28.2 Å². The highest BCUT2D eigenvalue weighted by atomic mass is 79.9. The molecule has 0 aromatic heterocycles. The van der Waals surface area contributed by atoms with E-state index in [4.69, 9.17) is 5.73 Å². The first-order valence-electron chi connectivity index (χ1n) is 7.37. The van der Waals surface area contributed by atoms with Crippen molar-refractivity contribution in [2.24, 2.45) is 11.7 Å². The molecule has 1 fully saturated rings. The van der Waals surface area contributed by atoms with Crippen LogP contribution in [0, 0.1) is 5.92 Å². The van der Waals surface area contributed by atoms with Crippen molar-refractivity contribution in [1.29, 1.82) is 0 Å². The Morgan fingerprint density at radius 2 is 2.11 bits per heavy atom. The average Bonchev–Trinajstić information content (AvgIpc) is 3.17. The molecule has 0 bridgehead atoms. The van der Waals surface area contributed by atoms with Gasteiger partial charge in [0.15, 0.2) is 0 Å². The molecule has 0 amide bonds. The van der Waals surface area contributed by atoms with Gasteiger partial charge < -0.3 is 10.6 Å². The van der Waals surface area contributed by atoms with Crippen LogP contribution < -0.4 is 10.6 Å². The Morgan fingerprint density at radius 1 is 1.37 bits per heavy atom. The fourth-order valence-electron chi connectivity index (χ4n) is 2.45. The summed E-state index contributed by atoms with van der Waals surface area (Å²) in [6, 6.07) is 7.37. The number of hydrogen-bond acceptors (Lipinski definition) is 2.